The lowest BCUT2D eigenvalue weighted by atomic mass is 10.1. The number of hydrogen-bond donors (Lipinski definition) is 2. The van der Waals surface area contributed by atoms with E-state index in [0.29, 0.717) is 17.8 Å². The van der Waals surface area contributed by atoms with Crippen LogP contribution in [0.5, 0.6) is 0 Å². The van der Waals surface area contributed by atoms with Gasteiger partial charge in [0.2, 0.25) is 0 Å². The summed E-state index contributed by atoms with van der Waals surface area (Å²) in [6.45, 7) is 3.98. The van der Waals surface area contributed by atoms with Crippen molar-refractivity contribution >= 4 is 11.6 Å². The largest absolute Gasteiger partial charge is 0.398 e. The number of nitrogens with zero attached hydrogens (tertiary/aromatic N) is 1. The molecule has 1 amide bonds. The normalized spacial score (nSPS) is 11.6. The molecule has 0 aliphatic rings. The maximum absolute atomic E-state index is 11.7. The van der Waals surface area contributed by atoms with Crippen LogP contribution in [0, 0.1) is 24.2 Å². The Bertz CT molecular complexity index is 434. The number of amides is 1. The van der Waals surface area contributed by atoms with Crippen LogP contribution in [-0.4, -0.2) is 12.5 Å². The quantitative estimate of drug-likeness (QED) is 0.752. The third kappa shape index (κ3) is 2.99. The number of rotatable bonds is 3. The Morgan fingerprint density at radius 2 is 2.31 bits per heavy atom. The number of anilines is 1. The summed E-state index contributed by atoms with van der Waals surface area (Å²) in [4.78, 5) is 11.7. The molecule has 4 heteroatoms. The van der Waals surface area contributed by atoms with E-state index >= 15 is 0 Å². The van der Waals surface area contributed by atoms with E-state index in [-0.39, 0.29) is 11.8 Å². The average molecular weight is 217 g/mol. The van der Waals surface area contributed by atoms with E-state index in [1.54, 1.807) is 19.1 Å². The molecule has 1 aromatic carbocycles. The number of nitrogens with one attached hydrogen (secondary N) is 1. The Balaban J connectivity index is 2.74. The monoisotopic (exact) mass is 217 g/mol. The molecular formula is C12H15N3O. The molecule has 0 fully saturated rings. The highest BCUT2D eigenvalue weighted by molar-refractivity contribution is 5.99. The number of aryl methyl sites for hydroxylation is 1. The number of carbonyl (C=O) groups excluding carboxylic acids is 1. The van der Waals surface area contributed by atoms with Gasteiger partial charge in [0.25, 0.3) is 5.91 Å². The first kappa shape index (κ1) is 12.1. The lowest BCUT2D eigenvalue weighted by Gasteiger charge is -2.08. The molecule has 0 aliphatic heterocycles. The van der Waals surface area contributed by atoms with Gasteiger partial charge in [-0.1, -0.05) is 11.6 Å². The third-order valence-electron chi connectivity index (χ3n) is 2.24. The number of carbonyl (C=O) groups is 1. The van der Waals surface area contributed by atoms with Crippen LogP contribution in [0.15, 0.2) is 18.2 Å². The highest BCUT2D eigenvalue weighted by Gasteiger charge is 2.10. The summed E-state index contributed by atoms with van der Waals surface area (Å²) in [5.74, 6) is -0.432. The summed E-state index contributed by atoms with van der Waals surface area (Å²) >= 11 is 0. The Kier molecular flexibility index (Phi) is 3.90. The van der Waals surface area contributed by atoms with Crippen molar-refractivity contribution in [3.63, 3.8) is 0 Å². The number of hydrogen-bond acceptors (Lipinski definition) is 3. The second-order valence-corrected chi connectivity index (χ2v) is 3.83. The molecule has 0 spiro atoms. The van der Waals surface area contributed by atoms with Crippen molar-refractivity contribution in [1.29, 1.82) is 5.26 Å². The Labute approximate surface area is 95.1 Å². The van der Waals surface area contributed by atoms with Gasteiger partial charge in [-0.15, -0.1) is 0 Å². The smallest absolute Gasteiger partial charge is 0.253 e. The zero-order valence-electron chi connectivity index (χ0n) is 9.45. The lowest BCUT2D eigenvalue weighted by Crippen LogP contribution is -2.28. The molecule has 0 aliphatic carbocycles. The lowest BCUT2D eigenvalue weighted by molar-refractivity contribution is 0.0951. The first-order chi connectivity index (χ1) is 7.54. The molecule has 1 rings (SSSR count). The minimum absolute atomic E-state index is 0.199. The third-order valence-corrected chi connectivity index (χ3v) is 2.24. The number of nitrogen functional groups attached to an aromatic ring is 1. The SMILES string of the molecule is Cc1ccc(N)c(C(=O)NCC(C)C#N)c1. The summed E-state index contributed by atoms with van der Waals surface area (Å²) < 4.78 is 0. The maximum Gasteiger partial charge on any atom is 0.253 e. The Morgan fingerprint density at radius 3 is 2.94 bits per heavy atom. The molecule has 1 unspecified atom stereocenters. The van der Waals surface area contributed by atoms with Gasteiger partial charge in [0.15, 0.2) is 0 Å². The maximum atomic E-state index is 11.7. The fourth-order valence-electron chi connectivity index (χ4n) is 1.25. The van der Waals surface area contributed by atoms with Crippen LogP contribution >= 0.6 is 0 Å². The van der Waals surface area contributed by atoms with Crippen molar-refractivity contribution in [1.82, 2.24) is 5.32 Å². The molecule has 0 bridgehead atoms. The van der Waals surface area contributed by atoms with E-state index in [4.69, 9.17) is 11.0 Å². The zero-order valence-corrected chi connectivity index (χ0v) is 9.45. The van der Waals surface area contributed by atoms with Gasteiger partial charge in [0, 0.05) is 12.2 Å². The van der Waals surface area contributed by atoms with Crippen molar-refractivity contribution in [3.8, 4) is 6.07 Å². The molecule has 0 aromatic heterocycles. The molecule has 1 atom stereocenters. The molecule has 0 saturated carbocycles. The van der Waals surface area contributed by atoms with Gasteiger partial charge in [-0.05, 0) is 26.0 Å². The first-order valence-corrected chi connectivity index (χ1v) is 5.08. The van der Waals surface area contributed by atoms with E-state index in [0.717, 1.165) is 5.56 Å². The van der Waals surface area contributed by atoms with Crippen molar-refractivity contribution in [2.75, 3.05) is 12.3 Å². The van der Waals surface area contributed by atoms with Gasteiger partial charge in [0.05, 0.1) is 17.6 Å². The summed E-state index contributed by atoms with van der Waals surface area (Å²) in [6, 6.07) is 7.35. The van der Waals surface area contributed by atoms with Crippen LogP contribution in [-0.2, 0) is 0 Å². The summed E-state index contributed by atoms with van der Waals surface area (Å²) in [6.07, 6.45) is 0. The zero-order chi connectivity index (χ0) is 12.1. The second-order valence-electron chi connectivity index (χ2n) is 3.83. The fraction of sp³-hybridized carbons (Fsp3) is 0.333. The predicted molar refractivity (Wildman–Crippen MR) is 62.7 cm³/mol. The van der Waals surface area contributed by atoms with Gasteiger partial charge in [-0.25, -0.2) is 0 Å². The highest BCUT2D eigenvalue weighted by Crippen LogP contribution is 2.13. The average Bonchev–Trinajstić information content (AvgIpc) is 2.28. The van der Waals surface area contributed by atoms with E-state index in [1.807, 2.05) is 13.0 Å². The van der Waals surface area contributed by atoms with Gasteiger partial charge in [-0.2, -0.15) is 5.26 Å². The van der Waals surface area contributed by atoms with E-state index in [2.05, 4.69) is 11.4 Å². The Hall–Kier alpha value is -2.02. The van der Waals surface area contributed by atoms with Crippen LogP contribution in [0.3, 0.4) is 0 Å². The highest BCUT2D eigenvalue weighted by atomic mass is 16.1. The van der Waals surface area contributed by atoms with Crippen LogP contribution in [0.2, 0.25) is 0 Å². The topological polar surface area (TPSA) is 78.9 Å². The van der Waals surface area contributed by atoms with Crippen LogP contribution < -0.4 is 11.1 Å². The van der Waals surface area contributed by atoms with Crippen LogP contribution in [0.25, 0.3) is 0 Å². The molecule has 0 radical (unpaired) electrons. The summed E-state index contributed by atoms with van der Waals surface area (Å²) in [5.41, 5.74) is 7.60. The summed E-state index contributed by atoms with van der Waals surface area (Å²) in [7, 11) is 0. The fourth-order valence-corrected chi connectivity index (χ4v) is 1.25. The molecule has 1 aromatic rings. The molecule has 3 N–H and O–H groups in total. The number of nitriles is 1. The van der Waals surface area contributed by atoms with E-state index in [1.165, 1.54) is 0 Å². The molecular weight excluding hydrogens is 202 g/mol. The van der Waals surface area contributed by atoms with Gasteiger partial charge in [-0.3, -0.25) is 4.79 Å². The van der Waals surface area contributed by atoms with Crippen LogP contribution in [0.4, 0.5) is 5.69 Å². The van der Waals surface area contributed by atoms with Gasteiger partial charge in [0.1, 0.15) is 0 Å². The molecule has 0 saturated heterocycles. The standard InChI is InChI=1S/C12H15N3O/c1-8-3-4-11(14)10(5-8)12(16)15-7-9(2)6-13/h3-5,9H,7,14H2,1-2H3,(H,15,16). The van der Waals surface area contributed by atoms with Crippen LogP contribution in [0.1, 0.15) is 22.8 Å². The molecule has 4 nitrogen and oxygen atoms in total. The van der Waals surface area contributed by atoms with Crippen molar-refractivity contribution in [3.05, 3.63) is 29.3 Å². The van der Waals surface area contributed by atoms with Gasteiger partial charge >= 0.3 is 0 Å². The van der Waals surface area contributed by atoms with Crippen molar-refractivity contribution in [2.45, 2.75) is 13.8 Å². The Morgan fingerprint density at radius 1 is 1.62 bits per heavy atom. The van der Waals surface area contributed by atoms with E-state index < -0.39 is 0 Å². The van der Waals surface area contributed by atoms with E-state index in [9.17, 15) is 4.79 Å². The molecule has 0 heterocycles. The first-order valence-electron chi connectivity index (χ1n) is 5.08. The number of nitrogens with two attached hydrogens (primary N) is 1. The minimum atomic E-state index is -0.233. The second kappa shape index (κ2) is 5.17. The molecule has 16 heavy (non-hydrogen) atoms. The minimum Gasteiger partial charge on any atom is -0.398 e. The van der Waals surface area contributed by atoms with Gasteiger partial charge < -0.3 is 11.1 Å². The number of benzene rings is 1. The van der Waals surface area contributed by atoms with Crippen molar-refractivity contribution in [2.24, 2.45) is 5.92 Å². The van der Waals surface area contributed by atoms with Crippen molar-refractivity contribution < 1.29 is 4.79 Å². The predicted octanol–water partition coefficient (Wildman–Crippen LogP) is 1.47. The summed E-state index contributed by atoms with van der Waals surface area (Å²) in [5, 5.41) is 11.3. The molecule has 84 valence electrons.